The van der Waals surface area contributed by atoms with Gasteiger partial charge in [0.2, 0.25) is 0 Å². The fourth-order valence-corrected chi connectivity index (χ4v) is 2.71. The van der Waals surface area contributed by atoms with Crippen LogP contribution in [0.2, 0.25) is 0 Å². The number of likely N-dealkylation sites (N-methyl/N-ethyl adjacent to an activating group) is 1. The summed E-state index contributed by atoms with van der Waals surface area (Å²) in [5.74, 6) is 2.50. The molecule has 96 valence electrons. The lowest BCUT2D eigenvalue weighted by Gasteiger charge is -2.54. The molecule has 2 heteroatoms. The Morgan fingerprint density at radius 1 is 1.25 bits per heavy atom. The van der Waals surface area contributed by atoms with Gasteiger partial charge in [-0.3, -0.25) is 4.90 Å². The predicted molar refractivity (Wildman–Crippen MR) is 71.4 cm³/mol. The lowest BCUT2D eigenvalue weighted by Crippen LogP contribution is -2.61. The van der Waals surface area contributed by atoms with Crippen LogP contribution < -0.4 is 5.73 Å². The number of nitrogens with two attached hydrogens (primary N) is 1. The van der Waals surface area contributed by atoms with Crippen LogP contribution in [0.3, 0.4) is 0 Å². The maximum atomic E-state index is 6.00. The van der Waals surface area contributed by atoms with Gasteiger partial charge in [0.05, 0.1) is 0 Å². The van der Waals surface area contributed by atoms with Gasteiger partial charge in [0, 0.05) is 12.1 Å². The zero-order valence-corrected chi connectivity index (χ0v) is 11.8. The minimum Gasteiger partial charge on any atom is -0.329 e. The van der Waals surface area contributed by atoms with Gasteiger partial charge in [0.15, 0.2) is 0 Å². The molecule has 1 rings (SSSR count). The van der Waals surface area contributed by atoms with Gasteiger partial charge < -0.3 is 5.73 Å². The predicted octanol–water partition coefficient (Wildman–Crippen LogP) is 2.73. The quantitative estimate of drug-likeness (QED) is 0.754. The van der Waals surface area contributed by atoms with E-state index in [0.717, 1.165) is 24.3 Å². The van der Waals surface area contributed by atoms with Crippen LogP contribution in [0.15, 0.2) is 0 Å². The number of hydrogen-bond acceptors (Lipinski definition) is 2. The first-order chi connectivity index (χ1) is 7.41. The Balaban J connectivity index is 2.43. The Hall–Kier alpha value is -0.0800. The number of rotatable bonds is 6. The first-order valence-electron chi connectivity index (χ1n) is 6.82. The zero-order chi connectivity index (χ0) is 12.3. The van der Waals surface area contributed by atoms with Gasteiger partial charge in [0.25, 0.3) is 0 Å². The first kappa shape index (κ1) is 14.0. The van der Waals surface area contributed by atoms with E-state index in [1.54, 1.807) is 0 Å². The fraction of sp³-hybridized carbons (Fsp3) is 1.00. The molecular weight excluding hydrogens is 196 g/mol. The second kappa shape index (κ2) is 5.50. The summed E-state index contributed by atoms with van der Waals surface area (Å²) in [5.41, 5.74) is 6.32. The molecule has 0 spiro atoms. The highest BCUT2D eigenvalue weighted by molar-refractivity contribution is 5.03. The average Bonchev–Trinajstić information content (AvgIpc) is 2.13. The minimum atomic E-state index is 0.323. The van der Waals surface area contributed by atoms with Crippen LogP contribution >= 0.6 is 0 Å². The molecule has 1 saturated carbocycles. The van der Waals surface area contributed by atoms with Gasteiger partial charge >= 0.3 is 0 Å². The van der Waals surface area contributed by atoms with Gasteiger partial charge in [-0.15, -0.1) is 0 Å². The van der Waals surface area contributed by atoms with E-state index >= 15 is 0 Å². The Labute approximate surface area is 102 Å². The van der Waals surface area contributed by atoms with E-state index in [9.17, 15) is 0 Å². The molecule has 0 bridgehead atoms. The van der Waals surface area contributed by atoms with Gasteiger partial charge in [-0.05, 0) is 50.6 Å². The lowest BCUT2D eigenvalue weighted by molar-refractivity contribution is -0.0214. The molecule has 0 aromatic heterocycles. The molecule has 16 heavy (non-hydrogen) atoms. The molecule has 2 N–H and O–H groups in total. The molecule has 0 unspecified atom stereocenters. The van der Waals surface area contributed by atoms with Gasteiger partial charge in [-0.1, -0.05) is 27.7 Å². The topological polar surface area (TPSA) is 29.3 Å². The SMILES string of the molecule is CC(C)CCN(C)C1(CN)CC(C(C)C)C1. The van der Waals surface area contributed by atoms with Crippen LogP contribution in [0.4, 0.5) is 0 Å². The second-order valence-electron chi connectivity index (χ2n) is 6.44. The monoisotopic (exact) mass is 226 g/mol. The second-order valence-corrected chi connectivity index (χ2v) is 6.44. The van der Waals surface area contributed by atoms with E-state index in [2.05, 4.69) is 39.6 Å². The Kier molecular flexibility index (Phi) is 4.81. The summed E-state index contributed by atoms with van der Waals surface area (Å²) in [7, 11) is 2.26. The molecule has 0 radical (unpaired) electrons. The molecule has 0 heterocycles. The van der Waals surface area contributed by atoms with Crippen LogP contribution in [-0.4, -0.2) is 30.6 Å². The third-order valence-electron chi connectivity index (χ3n) is 4.46. The third kappa shape index (κ3) is 2.98. The van der Waals surface area contributed by atoms with E-state index in [4.69, 9.17) is 5.73 Å². The van der Waals surface area contributed by atoms with Crippen LogP contribution in [-0.2, 0) is 0 Å². The van der Waals surface area contributed by atoms with Crippen LogP contribution in [0, 0.1) is 17.8 Å². The van der Waals surface area contributed by atoms with Crippen molar-refractivity contribution in [1.82, 2.24) is 4.90 Å². The maximum absolute atomic E-state index is 6.00. The highest BCUT2D eigenvalue weighted by atomic mass is 15.2. The summed E-state index contributed by atoms with van der Waals surface area (Å²) < 4.78 is 0. The van der Waals surface area contributed by atoms with Crippen molar-refractivity contribution in [2.24, 2.45) is 23.5 Å². The van der Waals surface area contributed by atoms with Crippen molar-refractivity contribution in [3.63, 3.8) is 0 Å². The molecule has 1 aliphatic rings. The van der Waals surface area contributed by atoms with Crippen molar-refractivity contribution in [3.8, 4) is 0 Å². The van der Waals surface area contributed by atoms with Gasteiger partial charge in [-0.25, -0.2) is 0 Å². The highest BCUT2D eigenvalue weighted by Gasteiger charge is 2.46. The van der Waals surface area contributed by atoms with Crippen molar-refractivity contribution < 1.29 is 0 Å². The van der Waals surface area contributed by atoms with Crippen molar-refractivity contribution in [2.45, 2.75) is 52.5 Å². The van der Waals surface area contributed by atoms with Crippen LogP contribution in [0.5, 0.6) is 0 Å². The number of hydrogen-bond donors (Lipinski definition) is 1. The standard InChI is InChI=1S/C14H30N2/c1-11(2)6-7-16(5)14(10-15)8-13(9-14)12(3)4/h11-13H,6-10,15H2,1-5H3. The van der Waals surface area contributed by atoms with E-state index in [0.29, 0.717) is 5.54 Å². The van der Waals surface area contributed by atoms with E-state index in [1.807, 2.05) is 0 Å². The van der Waals surface area contributed by atoms with Crippen molar-refractivity contribution in [2.75, 3.05) is 20.1 Å². The van der Waals surface area contributed by atoms with Crippen LogP contribution in [0.25, 0.3) is 0 Å². The Bertz CT molecular complexity index is 205. The maximum Gasteiger partial charge on any atom is 0.0334 e. The Morgan fingerprint density at radius 2 is 1.81 bits per heavy atom. The largest absolute Gasteiger partial charge is 0.329 e. The van der Waals surface area contributed by atoms with Crippen molar-refractivity contribution >= 4 is 0 Å². The molecule has 0 aromatic carbocycles. The summed E-state index contributed by atoms with van der Waals surface area (Å²) in [5, 5.41) is 0. The summed E-state index contributed by atoms with van der Waals surface area (Å²) in [6, 6.07) is 0. The molecule has 0 amide bonds. The smallest absolute Gasteiger partial charge is 0.0334 e. The van der Waals surface area contributed by atoms with Gasteiger partial charge in [0.1, 0.15) is 0 Å². The molecule has 0 atom stereocenters. The summed E-state index contributed by atoms with van der Waals surface area (Å²) >= 11 is 0. The minimum absolute atomic E-state index is 0.323. The summed E-state index contributed by atoms with van der Waals surface area (Å²) in [6.45, 7) is 11.3. The zero-order valence-electron chi connectivity index (χ0n) is 11.8. The lowest BCUT2D eigenvalue weighted by atomic mass is 9.63. The average molecular weight is 226 g/mol. The molecule has 1 aliphatic carbocycles. The molecule has 0 aromatic rings. The third-order valence-corrected chi connectivity index (χ3v) is 4.46. The first-order valence-corrected chi connectivity index (χ1v) is 6.82. The van der Waals surface area contributed by atoms with Gasteiger partial charge in [-0.2, -0.15) is 0 Å². The fourth-order valence-electron chi connectivity index (χ4n) is 2.71. The van der Waals surface area contributed by atoms with E-state index < -0.39 is 0 Å². The Morgan fingerprint density at radius 3 is 2.19 bits per heavy atom. The molecular formula is C14H30N2. The molecule has 1 fully saturated rings. The summed E-state index contributed by atoms with van der Waals surface area (Å²) in [4.78, 5) is 2.52. The normalized spacial score (nSPS) is 30.2. The molecule has 2 nitrogen and oxygen atoms in total. The van der Waals surface area contributed by atoms with Crippen LogP contribution in [0.1, 0.15) is 47.0 Å². The van der Waals surface area contributed by atoms with E-state index in [1.165, 1.54) is 25.8 Å². The van der Waals surface area contributed by atoms with Crippen molar-refractivity contribution in [1.29, 1.82) is 0 Å². The number of nitrogens with zero attached hydrogens (tertiary/aromatic N) is 1. The summed E-state index contributed by atoms with van der Waals surface area (Å²) in [6.07, 6.45) is 3.89. The highest BCUT2D eigenvalue weighted by Crippen LogP contribution is 2.45. The molecule has 0 saturated heterocycles. The van der Waals surface area contributed by atoms with E-state index in [-0.39, 0.29) is 0 Å². The molecule has 0 aliphatic heterocycles. The van der Waals surface area contributed by atoms with Crippen molar-refractivity contribution in [3.05, 3.63) is 0 Å².